The summed E-state index contributed by atoms with van der Waals surface area (Å²) in [6.45, 7) is 11.8. The number of hydrogen-bond acceptors (Lipinski definition) is 2. The molecule has 3 unspecified atom stereocenters. The molecule has 0 radical (unpaired) electrons. The topological polar surface area (TPSA) is 21.3 Å². The predicted octanol–water partition coefficient (Wildman–Crippen LogP) is 3.22. The summed E-state index contributed by atoms with van der Waals surface area (Å²) in [6, 6.07) is 0.705. The van der Waals surface area contributed by atoms with Gasteiger partial charge in [0.25, 0.3) is 0 Å². The summed E-state index contributed by atoms with van der Waals surface area (Å²) in [5.74, 6) is 1.67. The van der Waals surface area contributed by atoms with Crippen molar-refractivity contribution < 1.29 is 4.74 Å². The Labute approximate surface area is 112 Å². The van der Waals surface area contributed by atoms with Gasteiger partial charge in [-0.1, -0.05) is 20.8 Å². The van der Waals surface area contributed by atoms with Crippen molar-refractivity contribution in [1.82, 2.24) is 5.32 Å². The van der Waals surface area contributed by atoms with E-state index in [1.54, 1.807) is 0 Å². The summed E-state index contributed by atoms with van der Waals surface area (Å²) < 4.78 is 5.68. The van der Waals surface area contributed by atoms with E-state index < -0.39 is 0 Å². The molecule has 1 heterocycles. The molecule has 2 nitrogen and oxygen atoms in total. The molecular formula is C16H29NO. The highest BCUT2D eigenvalue weighted by molar-refractivity contribution is 5.12. The van der Waals surface area contributed by atoms with Gasteiger partial charge in [0.05, 0.1) is 6.10 Å². The first-order valence-electron chi connectivity index (χ1n) is 7.78. The first-order chi connectivity index (χ1) is 8.43. The molecule has 1 saturated heterocycles. The van der Waals surface area contributed by atoms with Crippen LogP contribution >= 0.6 is 0 Å². The zero-order valence-electron chi connectivity index (χ0n) is 12.5. The number of hydrogen-bond donors (Lipinski definition) is 1. The Morgan fingerprint density at radius 1 is 1.22 bits per heavy atom. The fraction of sp³-hybridized carbons (Fsp3) is 1.00. The van der Waals surface area contributed by atoms with Crippen LogP contribution in [0.2, 0.25) is 0 Å². The molecule has 104 valence electrons. The lowest BCUT2D eigenvalue weighted by atomic mass is 9.68. The molecule has 2 bridgehead atoms. The first-order valence-corrected chi connectivity index (χ1v) is 7.78. The molecule has 0 aromatic rings. The van der Waals surface area contributed by atoms with Crippen LogP contribution in [-0.2, 0) is 4.74 Å². The molecule has 0 spiro atoms. The van der Waals surface area contributed by atoms with E-state index in [0.717, 1.165) is 25.0 Å². The summed E-state index contributed by atoms with van der Waals surface area (Å²) >= 11 is 0. The van der Waals surface area contributed by atoms with E-state index in [9.17, 15) is 0 Å². The summed E-state index contributed by atoms with van der Waals surface area (Å²) in [6.07, 6.45) is 6.00. The van der Waals surface area contributed by atoms with Crippen molar-refractivity contribution in [3.63, 3.8) is 0 Å². The van der Waals surface area contributed by atoms with Crippen molar-refractivity contribution in [2.24, 2.45) is 22.7 Å². The van der Waals surface area contributed by atoms with Crippen LogP contribution in [-0.4, -0.2) is 25.3 Å². The minimum absolute atomic E-state index is 0.451. The van der Waals surface area contributed by atoms with Crippen molar-refractivity contribution in [2.45, 2.75) is 65.5 Å². The van der Waals surface area contributed by atoms with Gasteiger partial charge in [-0.15, -0.1) is 0 Å². The molecule has 0 amide bonds. The first kappa shape index (κ1) is 12.9. The van der Waals surface area contributed by atoms with Gasteiger partial charge in [-0.3, -0.25) is 0 Å². The van der Waals surface area contributed by atoms with Gasteiger partial charge >= 0.3 is 0 Å². The number of ether oxygens (including phenoxy) is 1. The van der Waals surface area contributed by atoms with Crippen LogP contribution in [0.25, 0.3) is 0 Å². The van der Waals surface area contributed by atoms with Gasteiger partial charge in [0.15, 0.2) is 0 Å². The zero-order valence-corrected chi connectivity index (χ0v) is 12.5. The van der Waals surface area contributed by atoms with E-state index in [-0.39, 0.29) is 0 Å². The van der Waals surface area contributed by atoms with Crippen LogP contribution in [0.15, 0.2) is 0 Å². The molecule has 3 fully saturated rings. The summed E-state index contributed by atoms with van der Waals surface area (Å²) in [7, 11) is 0. The average molecular weight is 251 g/mol. The minimum atomic E-state index is 0.451. The molecule has 1 aliphatic heterocycles. The Hall–Kier alpha value is -0.0800. The second kappa shape index (κ2) is 4.21. The largest absolute Gasteiger partial charge is 0.378 e. The lowest BCUT2D eigenvalue weighted by Crippen LogP contribution is -2.51. The van der Waals surface area contributed by atoms with E-state index in [1.165, 1.54) is 25.7 Å². The predicted molar refractivity (Wildman–Crippen MR) is 74.5 cm³/mol. The highest BCUT2D eigenvalue weighted by Gasteiger charge is 2.59. The lowest BCUT2D eigenvalue weighted by Gasteiger charge is -2.44. The maximum Gasteiger partial charge on any atom is 0.0588 e. The molecule has 3 aliphatic rings. The van der Waals surface area contributed by atoms with Gasteiger partial charge in [-0.05, 0) is 55.3 Å². The number of nitrogens with one attached hydrogen (secondary N) is 1. The molecule has 3 rings (SSSR count). The van der Waals surface area contributed by atoms with Crippen molar-refractivity contribution in [2.75, 3.05) is 13.2 Å². The van der Waals surface area contributed by atoms with Gasteiger partial charge in [-0.2, -0.15) is 0 Å². The monoisotopic (exact) mass is 251 g/mol. The molecule has 1 N–H and O–H groups in total. The highest BCUT2D eigenvalue weighted by Crippen LogP contribution is 2.62. The third-order valence-electron chi connectivity index (χ3n) is 6.39. The van der Waals surface area contributed by atoms with Crippen LogP contribution in [0.5, 0.6) is 0 Å². The van der Waals surface area contributed by atoms with E-state index in [4.69, 9.17) is 4.74 Å². The third-order valence-corrected chi connectivity index (χ3v) is 6.39. The minimum Gasteiger partial charge on any atom is -0.378 e. The van der Waals surface area contributed by atoms with Gasteiger partial charge in [0, 0.05) is 19.2 Å². The van der Waals surface area contributed by atoms with Gasteiger partial charge in [0.2, 0.25) is 0 Å². The maximum absolute atomic E-state index is 5.68. The fourth-order valence-corrected chi connectivity index (χ4v) is 5.12. The number of rotatable bonds is 3. The van der Waals surface area contributed by atoms with Crippen molar-refractivity contribution >= 4 is 0 Å². The van der Waals surface area contributed by atoms with Gasteiger partial charge in [0.1, 0.15) is 0 Å². The van der Waals surface area contributed by atoms with Crippen LogP contribution < -0.4 is 5.32 Å². The summed E-state index contributed by atoms with van der Waals surface area (Å²) in [4.78, 5) is 0. The molecule has 18 heavy (non-hydrogen) atoms. The van der Waals surface area contributed by atoms with Crippen molar-refractivity contribution in [3.05, 3.63) is 0 Å². The van der Waals surface area contributed by atoms with Crippen LogP contribution in [0.1, 0.15) is 53.4 Å². The average Bonchev–Trinajstić information content (AvgIpc) is 2.90. The molecule has 2 aliphatic carbocycles. The zero-order chi connectivity index (χ0) is 13.0. The quantitative estimate of drug-likeness (QED) is 0.831. The van der Waals surface area contributed by atoms with Crippen LogP contribution in [0, 0.1) is 22.7 Å². The standard InChI is InChI=1S/C16H29NO/c1-11-12(6-8-18-11)10-17-14-15(2,3)13-5-7-16(14,4)9-13/h11-14,17H,5-10H2,1-4H3/t11?,12?,13-,14?,16+/m0/s1. The Kier molecular flexibility index (Phi) is 3.02. The van der Waals surface area contributed by atoms with Gasteiger partial charge in [-0.25, -0.2) is 0 Å². The fourth-order valence-electron chi connectivity index (χ4n) is 5.12. The Morgan fingerprint density at radius 2 is 2.00 bits per heavy atom. The molecule has 5 atom stereocenters. The Morgan fingerprint density at radius 3 is 2.56 bits per heavy atom. The summed E-state index contributed by atoms with van der Waals surface area (Å²) in [5, 5.41) is 3.94. The van der Waals surface area contributed by atoms with Crippen molar-refractivity contribution in [3.8, 4) is 0 Å². The molecule has 2 heteroatoms. The second-order valence-electron chi connectivity index (χ2n) is 7.88. The molecular weight excluding hydrogens is 222 g/mol. The second-order valence-corrected chi connectivity index (χ2v) is 7.88. The maximum atomic E-state index is 5.68. The van der Waals surface area contributed by atoms with Crippen molar-refractivity contribution in [1.29, 1.82) is 0 Å². The molecule has 0 aromatic carbocycles. The van der Waals surface area contributed by atoms with Crippen LogP contribution in [0.4, 0.5) is 0 Å². The Balaban J connectivity index is 1.65. The van der Waals surface area contributed by atoms with E-state index in [2.05, 4.69) is 33.0 Å². The molecule has 0 aromatic heterocycles. The summed E-state index contributed by atoms with van der Waals surface area (Å²) in [5.41, 5.74) is 1.03. The molecule has 2 saturated carbocycles. The van der Waals surface area contributed by atoms with Gasteiger partial charge < -0.3 is 10.1 Å². The highest BCUT2D eigenvalue weighted by atomic mass is 16.5. The smallest absolute Gasteiger partial charge is 0.0588 e. The Bertz CT molecular complexity index is 322. The lowest BCUT2D eigenvalue weighted by molar-refractivity contribution is 0.0851. The van der Waals surface area contributed by atoms with E-state index >= 15 is 0 Å². The van der Waals surface area contributed by atoms with E-state index in [0.29, 0.717) is 23.0 Å². The SMILES string of the molecule is CC1OCCC1CNC1C(C)(C)[C@H]2CC[C@]1(C)C2. The van der Waals surface area contributed by atoms with E-state index in [1.807, 2.05) is 0 Å². The normalized spacial score (nSPS) is 50.0. The number of fused-ring (bicyclic) bond motifs is 2. The third kappa shape index (κ3) is 1.84. The van der Waals surface area contributed by atoms with Crippen LogP contribution in [0.3, 0.4) is 0 Å².